The highest BCUT2D eigenvalue weighted by atomic mass is 16.5. The number of carbonyl (C=O) groups excluding carboxylic acids is 2. The number of hydrogen-bond donors (Lipinski definition) is 4. The number of aromatic nitrogens is 2. The summed E-state index contributed by atoms with van der Waals surface area (Å²) in [5, 5.41) is 26.9. The third kappa shape index (κ3) is 8.24. The number of carbonyl (C=O) groups is 2. The number of rotatable bonds is 13. The molecule has 0 radical (unpaired) electrons. The molecular weight excluding hydrogens is 606 g/mol. The van der Waals surface area contributed by atoms with Gasteiger partial charge in [0.15, 0.2) is 0 Å². The number of phenols is 1. The second-order valence-electron chi connectivity index (χ2n) is 12.7. The average molecular weight is 658 g/mol. The Morgan fingerprint density at radius 3 is 2.60 bits per heavy atom. The number of likely N-dealkylation sites (N-methyl/N-ethyl adjacent to an activating group) is 1. The van der Waals surface area contributed by atoms with Crippen molar-refractivity contribution in [2.75, 3.05) is 26.7 Å². The van der Waals surface area contributed by atoms with Gasteiger partial charge in [-0.3, -0.25) is 19.6 Å². The first-order valence-electron chi connectivity index (χ1n) is 17.0. The van der Waals surface area contributed by atoms with Gasteiger partial charge in [-0.2, -0.15) is 0 Å². The number of pyridine rings is 1. The number of hydrazine groups is 1. The van der Waals surface area contributed by atoms with E-state index in [1.807, 2.05) is 32.0 Å². The minimum atomic E-state index is -0.438. The summed E-state index contributed by atoms with van der Waals surface area (Å²) in [5.41, 5.74) is 9.96. The van der Waals surface area contributed by atoms with Crippen LogP contribution in [-0.2, 0) is 40.3 Å². The summed E-state index contributed by atoms with van der Waals surface area (Å²) >= 11 is 0. The predicted molar refractivity (Wildman–Crippen MR) is 190 cm³/mol. The van der Waals surface area contributed by atoms with E-state index < -0.39 is 6.04 Å². The second kappa shape index (κ2) is 16.7. The summed E-state index contributed by atoms with van der Waals surface area (Å²) in [4.78, 5) is 28.8. The van der Waals surface area contributed by atoms with Crippen LogP contribution < -0.4 is 10.7 Å². The van der Waals surface area contributed by atoms with Crippen LogP contribution in [0.1, 0.15) is 64.3 Å². The molecule has 0 aliphatic carbocycles. The number of aryl methyl sites for hydroxylation is 1. The van der Waals surface area contributed by atoms with Crippen LogP contribution in [0.4, 0.5) is 0 Å². The fourth-order valence-electron chi connectivity index (χ4n) is 6.56. The Morgan fingerprint density at radius 2 is 1.94 bits per heavy atom. The summed E-state index contributed by atoms with van der Waals surface area (Å²) in [6, 6.07) is 15.2. The van der Waals surface area contributed by atoms with E-state index in [1.54, 1.807) is 30.4 Å². The number of phenolic OH excluding ortho intramolecular Hbond substituents is 1. The first kappa shape index (κ1) is 36.6. The van der Waals surface area contributed by atoms with Crippen molar-refractivity contribution in [3.63, 3.8) is 0 Å². The maximum Gasteiger partial charge on any atom is 0.293 e. The molecule has 1 atom stereocenters. The van der Waals surface area contributed by atoms with Crippen molar-refractivity contribution in [1.82, 2.24) is 25.3 Å². The number of nitrogens with one attached hydrogen (secondary N) is 2. The van der Waals surface area contributed by atoms with Gasteiger partial charge in [-0.25, -0.2) is 5.43 Å². The SMILES string of the molecule is CC.CCn1c(-c2cccnc2CO)c(CC(C)(C)COC=O)c2cc(-c3cc(O)cc(CC(NC)C(=O)N4CCCCN4)c3)ccc21. The van der Waals surface area contributed by atoms with Crippen molar-refractivity contribution in [2.24, 2.45) is 5.41 Å². The molecule has 10 heteroatoms. The van der Waals surface area contributed by atoms with Crippen LogP contribution in [0.2, 0.25) is 0 Å². The molecule has 1 fully saturated rings. The fourth-order valence-corrected chi connectivity index (χ4v) is 6.56. The van der Waals surface area contributed by atoms with E-state index in [9.17, 15) is 19.8 Å². The van der Waals surface area contributed by atoms with Crippen LogP contribution in [0.15, 0.2) is 54.7 Å². The van der Waals surface area contributed by atoms with Crippen molar-refractivity contribution in [3.05, 3.63) is 71.5 Å². The summed E-state index contributed by atoms with van der Waals surface area (Å²) in [6.07, 6.45) is 4.73. The molecule has 2 aromatic carbocycles. The summed E-state index contributed by atoms with van der Waals surface area (Å²) in [6.45, 7) is 12.9. The highest BCUT2D eigenvalue weighted by Gasteiger charge is 2.28. The Labute approximate surface area is 284 Å². The van der Waals surface area contributed by atoms with E-state index in [1.165, 1.54) is 0 Å². The van der Waals surface area contributed by atoms with Gasteiger partial charge in [0.2, 0.25) is 0 Å². The zero-order chi connectivity index (χ0) is 34.8. The van der Waals surface area contributed by atoms with Crippen molar-refractivity contribution in [3.8, 4) is 28.1 Å². The molecule has 258 valence electrons. The molecule has 1 aliphatic heterocycles. The Kier molecular flexibility index (Phi) is 12.7. The van der Waals surface area contributed by atoms with Crippen LogP contribution in [0, 0.1) is 5.41 Å². The number of fused-ring (bicyclic) bond motifs is 1. The molecule has 10 nitrogen and oxygen atoms in total. The largest absolute Gasteiger partial charge is 0.508 e. The maximum atomic E-state index is 13.3. The van der Waals surface area contributed by atoms with Gasteiger partial charge in [-0.15, -0.1) is 0 Å². The monoisotopic (exact) mass is 657 g/mol. The van der Waals surface area contributed by atoms with Crippen LogP contribution in [-0.4, -0.2) is 69.9 Å². The minimum Gasteiger partial charge on any atom is -0.508 e. The van der Waals surface area contributed by atoms with Gasteiger partial charge in [-0.05, 0) is 98.3 Å². The number of hydrogen-bond acceptors (Lipinski definition) is 8. The van der Waals surface area contributed by atoms with E-state index in [-0.39, 0.29) is 30.3 Å². The Bertz CT molecular complexity index is 1690. The third-order valence-electron chi connectivity index (χ3n) is 8.75. The molecule has 2 aromatic heterocycles. The average Bonchev–Trinajstić information content (AvgIpc) is 3.41. The van der Waals surface area contributed by atoms with Crippen LogP contribution in [0.5, 0.6) is 5.75 Å². The number of aromatic hydroxyl groups is 1. The van der Waals surface area contributed by atoms with Crippen LogP contribution >= 0.6 is 0 Å². The molecular formula is C38H51N5O5. The number of aliphatic hydroxyl groups excluding tert-OH is 1. The van der Waals surface area contributed by atoms with E-state index in [0.29, 0.717) is 38.1 Å². The summed E-state index contributed by atoms with van der Waals surface area (Å²) in [7, 11) is 1.79. The number of ether oxygens (including phenoxy) is 1. The highest BCUT2D eigenvalue weighted by Crippen LogP contribution is 2.41. The zero-order valence-electron chi connectivity index (χ0n) is 29.2. The molecule has 0 saturated carbocycles. The van der Waals surface area contributed by atoms with E-state index in [4.69, 9.17) is 4.74 Å². The number of benzene rings is 2. The maximum absolute atomic E-state index is 13.3. The Hall–Kier alpha value is -4.25. The topological polar surface area (TPSA) is 129 Å². The van der Waals surface area contributed by atoms with Gasteiger partial charge >= 0.3 is 0 Å². The molecule has 3 heterocycles. The van der Waals surface area contributed by atoms with Gasteiger partial charge in [0, 0.05) is 47.7 Å². The van der Waals surface area contributed by atoms with Crippen molar-refractivity contribution < 1.29 is 24.5 Å². The molecule has 4 N–H and O–H groups in total. The molecule has 1 saturated heterocycles. The molecule has 0 spiro atoms. The van der Waals surface area contributed by atoms with Crippen LogP contribution in [0.25, 0.3) is 33.3 Å². The normalized spacial score (nSPS) is 13.9. The quantitative estimate of drug-likeness (QED) is 0.137. The Balaban J connectivity index is 0.00000255. The van der Waals surface area contributed by atoms with Gasteiger partial charge < -0.3 is 24.8 Å². The van der Waals surface area contributed by atoms with Gasteiger partial charge in [0.25, 0.3) is 12.4 Å². The third-order valence-corrected chi connectivity index (χ3v) is 8.75. The van der Waals surface area contributed by atoms with E-state index in [0.717, 1.165) is 63.8 Å². The fraction of sp³-hybridized carbons (Fsp3) is 0.447. The first-order valence-corrected chi connectivity index (χ1v) is 17.0. The molecule has 1 unspecified atom stereocenters. The predicted octanol–water partition coefficient (Wildman–Crippen LogP) is 5.61. The molecule has 0 bridgehead atoms. The number of aliphatic hydroxyl groups is 1. The highest BCUT2D eigenvalue weighted by molar-refractivity contribution is 5.95. The van der Waals surface area contributed by atoms with Crippen molar-refractivity contribution in [1.29, 1.82) is 0 Å². The number of amides is 1. The summed E-state index contributed by atoms with van der Waals surface area (Å²) < 4.78 is 7.46. The summed E-state index contributed by atoms with van der Waals surface area (Å²) in [5.74, 6) is 0.124. The standard InChI is InChI=1S/C36H45N5O5.C2H6/c1-5-40-33-11-10-25(26-15-24(16-27(44)18-26)17-31(37-4)35(45)41-14-7-6-13-39-41)19-29(33)30(20-36(2,3)22-46-23-43)34(40)28-9-8-12-38-32(28)21-42;1-2/h8-12,15-16,18-19,23,31,37,39,42,44H,5-7,13-14,17,20-22H2,1-4H3;1-2H3. The van der Waals surface area contributed by atoms with Crippen molar-refractivity contribution in [2.45, 2.75) is 79.5 Å². The zero-order valence-corrected chi connectivity index (χ0v) is 29.2. The molecule has 5 rings (SSSR count). The first-order chi connectivity index (χ1) is 23.2. The lowest BCUT2D eigenvalue weighted by atomic mass is 9.84. The lowest BCUT2D eigenvalue weighted by Gasteiger charge is -2.31. The molecule has 4 aromatic rings. The second-order valence-corrected chi connectivity index (χ2v) is 12.7. The van der Waals surface area contributed by atoms with Crippen molar-refractivity contribution >= 4 is 23.3 Å². The van der Waals surface area contributed by atoms with E-state index >= 15 is 0 Å². The molecule has 1 aliphatic rings. The number of nitrogens with zero attached hydrogens (tertiary/aromatic N) is 3. The van der Waals surface area contributed by atoms with Crippen LogP contribution in [0.3, 0.4) is 0 Å². The smallest absolute Gasteiger partial charge is 0.293 e. The lowest BCUT2D eigenvalue weighted by Crippen LogP contribution is -2.54. The molecule has 1 amide bonds. The van der Waals surface area contributed by atoms with Gasteiger partial charge in [0.05, 0.1) is 30.6 Å². The minimum absolute atomic E-state index is 0.00888. The van der Waals surface area contributed by atoms with E-state index in [2.05, 4.69) is 59.3 Å². The van der Waals surface area contributed by atoms with Gasteiger partial charge in [0.1, 0.15) is 5.75 Å². The van der Waals surface area contributed by atoms with Gasteiger partial charge in [-0.1, -0.05) is 39.8 Å². The molecule has 48 heavy (non-hydrogen) atoms. The lowest BCUT2D eigenvalue weighted by molar-refractivity contribution is -0.137. The Morgan fingerprint density at radius 1 is 1.15 bits per heavy atom.